The molecule has 0 saturated carbocycles. The average Bonchev–Trinajstić information content (AvgIpc) is 2.73. The van der Waals surface area contributed by atoms with Gasteiger partial charge in [0.15, 0.2) is 0 Å². The van der Waals surface area contributed by atoms with Crippen molar-refractivity contribution < 1.29 is 14.3 Å². The normalized spacial score (nSPS) is 23.2. The molecule has 2 rings (SSSR count). The van der Waals surface area contributed by atoms with Gasteiger partial charge in [0.1, 0.15) is 12.4 Å². The number of carbonyl (C=O) groups excluding carboxylic acids is 2. The SMILES string of the molecule is CCOC(=O)C1NC(=O)CC1c1ccncn1. The molecular formula is C11H13N3O3. The van der Waals surface area contributed by atoms with E-state index in [-0.39, 0.29) is 18.2 Å². The first-order valence-electron chi connectivity index (χ1n) is 5.44. The van der Waals surface area contributed by atoms with Crippen LogP contribution in [0.1, 0.15) is 25.0 Å². The Morgan fingerprint density at radius 1 is 1.65 bits per heavy atom. The minimum Gasteiger partial charge on any atom is -0.464 e. The van der Waals surface area contributed by atoms with Gasteiger partial charge in [0.05, 0.1) is 6.61 Å². The zero-order valence-electron chi connectivity index (χ0n) is 9.42. The maximum Gasteiger partial charge on any atom is 0.329 e. The van der Waals surface area contributed by atoms with E-state index in [1.165, 1.54) is 6.33 Å². The van der Waals surface area contributed by atoms with Crippen LogP contribution in [-0.4, -0.2) is 34.5 Å². The molecule has 1 aromatic heterocycles. The molecule has 0 aliphatic carbocycles. The predicted molar refractivity (Wildman–Crippen MR) is 58.0 cm³/mol. The number of amides is 1. The molecule has 17 heavy (non-hydrogen) atoms. The summed E-state index contributed by atoms with van der Waals surface area (Å²) < 4.78 is 4.93. The number of ether oxygens (including phenoxy) is 1. The third-order valence-corrected chi connectivity index (χ3v) is 2.65. The third-order valence-electron chi connectivity index (χ3n) is 2.65. The molecule has 2 heterocycles. The largest absolute Gasteiger partial charge is 0.464 e. The third kappa shape index (κ3) is 2.41. The van der Waals surface area contributed by atoms with Crippen LogP contribution in [0.3, 0.4) is 0 Å². The molecule has 1 aliphatic rings. The minimum absolute atomic E-state index is 0.160. The summed E-state index contributed by atoms with van der Waals surface area (Å²) in [6, 6.07) is 1.06. The standard InChI is InChI=1S/C11H13N3O3/c1-2-17-11(16)10-7(5-9(15)14-10)8-3-4-12-6-13-8/h3-4,6-7,10H,2,5H2,1H3,(H,14,15). The maximum absolute atomic E-state index is 11.7. The van der Waals surface area contributed by atoms with E-state index < -0.39 is 12.0 Å². The molecule has 90 valence electrons. The lowest BCUT2D eigenvalue weighted by molar-refractivity contribution is -0.146. The highest BCUT2D eigenvalue weighted by molar-refractivity contribution is 5.90. The van der Waals surface area contributed by atoms with Gasteiger partial charge < -0.3 is 10.1 Å². The number of nitrogens with one attached hydrogen (secondary N) is 1. The van der Waals surface area contributed by atoms with Crippen LogP contribution in [0.25, 0.3) is 0 Å². The van der Waals surface area contributed by atoms with Crippen LogP contribution >= 0.6 is 0 Å². The molecule has 6 heteroatoms. The van der Waals surface area contributed by atoms with Crippen LogP contribution < -0.4 is 5.32 Å². The number of esters is 1. The number of nitrogens with zero attached hydrogens (tertiary/aromatic N) is 2. The number of aromatic nitrogens is 2. The lowest BCUT2D eigenvalue weighted by atomic mass is 9.96. The van der Waals surface area contributed by atoms with E-state index in [2.05, 4.69) is 15.3 Å². The van der Waals surface area contributed by atoms with Gasteiger partial charge in [-0.2, -0.15) is 0 Å². The van der Waals surface area contributed by atoms with E-state index in [0.717, 1.165) is 0 Å². The number of carbonyl (C=O) groups is 2. The highest BCUT2D eigenvalue weighted by atomic mass is 16.5. The topological polar surface area (TPSA) is 81.2 Å². The highest BCUT2D eigenvalue weighted by Gasteiger charge is 2.40. The van der Waals surface area contributed by atoms with Gasteiger partial charge in [-0.3, -0.25) is 4.79 Å². The molecule has 2 atom stereocenters. The smallest absolute Gasteiger partial charge is 0.329 e. The van der Waals surface area contributed by atoms with Crippen molar-refractivity contribution in [1.82, 2.24) is 15.3 Å². The molecule has 0 bridgehead atoms. The van der Waals surface area contributed by atoms with Crippen LogP contribution in [0.5, 0.6) is 0 Å². The van der Waals surface area contributed by atoms with E-state index in [1.54, 1.807) is 19.2 Å². The first-order chi connectivity index (χ1) is 8.22. The van der Waals surface area contributed by atoms with Gasteiger partial charge in [-0.15, -0.1) is 0 Å². The van der Waals surface area contributed by atoms with E-state index >= 15 is 0 Å². The Morgan fingerprint density at radius 3 is 3.12 bits per heavy atom. The van der Waals surface area contributed by atoms with Crippen LogP contribution in [0.15, 0.2) is 18.6 Å². The summed E-state index contributed by atoms with van der Waals surface area (Å²) >= 11 is 0. The molecule has 1 saturated heterocycles. The second-order valence-corrected chi connectivity index (χ2v) is 3.74. The van der Waals surface area contributed by atoms with Gasteiger partial charge in [0.2, 0.25) is 5.91 Å². The predicted octanol–water partition coefficient (Wildman–Crippen LogP) is 0.0118. The second kappa shape index (κ2) is 4.90. The molecule has 1 fully saturated rings. The summed E-state index contributed by atoms with van der Waals surface area (Å²) in [6.45, 7) is 2.02. The van der Waals surface area contributed by atoms with Crippen molar-refractivity contribution in [1.29, 1.82) is 0 Å². The number of hydrogen-bond acceptors (Lipinski definition) is 5. The monoisotopic (exact) mass is 235 g/mol. The van der Waals surface area contributed by atoms with E-state index in [4.69, 9.17) is 4.74 Å². The van der Waals surface area contributed by atoms with Gasteiger partial charge in [-0.05, 0) is 13.0 Å². The zero-order chi connectivity index (χ0) is 12.3. The van der Waals surface area contributed by atoms with Crippen molar-refractivity contribution in [2.75, 3.05) is 6.61 Å². The molecular weight excluding hydrogens is 222 g/mol. The van der Waals surface area contributed by atoms with Gasteiger partial charge in [-0.1, -0.05) is 0 Å². The number of hydrogen-bond donors (Lipinski definition) is 1. The molecule has 0 aromatic carbocycles. The van der Waals surface area contributed by atoms with Crippen molar-refractivity contribution >= 4 is 11.9 Å². The molecule has 1 N–H and O–H groups in total. The van der Waals surface area contributed by atoms with Crippen molar-refractivity contribution in [2.24, 2.45) is 0 Å². The fourth-order valence-electron chi connectivity index (χ4n) is 1.90. The molecule has 1 aromatic rings. The average molecular weight is 235 g/mol. The quantitative estimate of drug-likeness (QED) is 0.746. The Balaban J connectivity index is 2.20. The lowest BCUT2D eigenvalue weighted by Gasteiger charge is -2.16. The lowest BCUT2D eigenvalue weighted by Crippen LogP contribution is -2.37. The summed E-state index contributed by atoms with van der Waals surface area (Å²) in [7, 11) is 0. The van der Waals surface area contributed by atoms with Crippen molar-refractivity contribution in [3.63, 3.8) is 0 Å². The van der Waals surface area contributed by atoms with Gasteiger partial charge >= 0.3 is 5.97 Å². The first kappa shape index (κ1) is 11.5. The molecule has 1 aliphatic heterocycles. The van der Waals surface area contributed by atoms with Crippen LogP contribution in [0.4, 0.5) is 0 Å². The molecule has 0 radical (unpaired) electrons. The molecule has 1 amide bonds. The van der Waals surface area contributed by atoms with Gasteiger partial charge in [0, 0.05) is 24.2 Å². The Morgan fingerprint density at radius 2 is 2.47 bits per heavy atom. The molecule has 0 spiro atoms. The van der Waals surface area contributed by atoms with E-state index in [0.29, 0.717) is 12.3 Å². The van der Waals surface area contributed by atoms with Crippen LogP contribution in [-0.2, 0) is 14.3 Å². The van der Waals surface area contributed by atoms with Gasteiger partial charge in [0.25, 0.3) is 0 Å². The molecule has 6 nitrogen and oxygen atoms in total. The Hall–Kier alpha value is -1.98. The summed E-state index contributed by atoms with van der Waals surface area (Å²) in [5.74, 6) is -0.849. The fourth-order valence-corrected chi connectivity index (χ4v) is 1.90. The Kier molecular flexibility index (Phi) is 3.32. The van der Waals surface area contributed by atoms with Crippen molar-refractivity contribution in [3.05, 3.63) is 24.3 Å². The van der Waals surface area contributed by atoms with E-state index in [9.17, 15) is 9.59 Å². The summed E-state index contributed by atoms with van der Waals surface area (Å²) in [6.07, 6.45) is 3.24. The minimum atomic E-state index is -0.641. The fraction of sp³-hybridized carbons (Fsp3) is 0.455. The summed E-state index contributed by atoms with van der Waals surface area (Å²) in [5.41, 5.74) is 0.677. The maximum atomic E-state index is 11.7. The van der Waals surface area contributed by atoms with Crippen LogP contribution in [0.2, 0.25) is 0 Å². The van der Waals surface area contributed by atoms with Crippen LogP contribution in [0, 0.1) is 0 Å². The second-order valence-electron chi connectivity index (χ2n) is 3.74. The Bertz CT molecular complexity index is 421. The zero-order valence-corrected chi connectivity index (χ0v) is 9.42. The summed E-state index contributed by atoms with van der Waals surface area (Å²) in [4.78, 5) is 31.0. The number of rotatable bonds is 3. The molecule has 2 unspecified atom stereocenters. The summed E-state index contributed by atoms with van der Waals surface area (Å²) in [5, 5.41) is 2.61. The Labute approximate surface area is 98.4 Å². The van der Waals surface area contributed by atoms with E-state index in [1.807, 2.05) is 0 Å². The first-order valence-corrected chi connectivity index (χ1v) is 5.44. The van der Waals surface area contributed by atoms with Gasteiger partial charge in [-0.25, -0.2) is 14.8 Å². The van der Waals surface area contributed by atoms with Crippen molar-refractivity contribution in [2.45, 2.75) is 25.3 Å². The highest BCUT2D eigenvalue weighted by Crippen LogP contribution is 2.27. The van der Waals surface area contributed by atoms with Crippen molar-refractivity contribution in [3.8, 4) is 0 Å².